The molecule has 0 fully saturated rings. The number of sulfonamides is 1. The summed E-state index contributed by atoms with van der Waals surface area (Å²) >= 11 is 0. The highest BCUT2D eigenvalue weighted by atomic mass is 32.2. The van der Waals surface area contributed by atoms with Gasteiger partial charge in [0.15, 0.2) is 0 Å². The minimum absolute atomic E-state index is 0.0539. The Hall–Kier alpha value is -2.45. The smallest absolute Gasteiger partial charge is 0.238 e. The molecule has 0 aromatic heterocycles. The zero-order valence-electron chi connectivity index (χ0n) is 13.4. The van der Waals surface area contributed by atoms with Gasteiger partial charge in [-0.1, -0.05) is 12.1 Å². The topological polar surface area (TPSA) is 98.5 Å². The molecule has 134 valence electrons. The Morgan fingerprint density at radius 1 is 1.08 bits per heavy atom. The van der Waals surface area contributed by atoms with Gasteiger partial charge in [0.25, 0.3) is 0 Å². The van der Waals surface area contributed by atoms with E-state index < -0.39 is 10.0 Å². The summed E-state index contributed by atoms with van der Waals surface area (Å²) in [5, 5.41) is 7.78. The molecule has 0 aliphatic heterocycles. The Bertz CT molecular complexity index is 806. The quantitative estimate of drug-likeness (QED) is 0.741. The number of primary sulfonamides is 1. The minimum Gasteiger partial charge on any atom is -0.493 e. The third kappa shape index (κ3) is 6.52. The van der Waals surface area contributed by atoms with E-state index in [0.717, 1.165) is 5.56 Å². The number of nitrogens with two attached hydrogens (primary N) is 1. The molecule has 2 aromatic carbocycles. The van der Waals surface area contributed by atoms with E-state index in [2.05, 4.69) is 5.32 Å². The zero-order chi connectivity index (χ0) is 18.3. The van der Waals surface area contributed by atoms with Gasteiger partial charge in [-0.25, -0.2) is 17.9 Å². The lowest BCUT2D eigenvalue weighted by Crippen LogP contribution is -2.27. The predicted octanol–water partition coefficient (Wildman–Crippen LogP) is 1.60. The van der Waals surface area contributed by atoms with Crippen LogP contribution in [0.2, 0.25) is 0 Å². The van der Waals surface area contributed by atoms with Crippen molar-refractivity contribution in [2.75, 3.05) is 13.2 Å². The molecular weight excluding hydrogens is 347 g/mol. The van der Waals surface area contributed by atoms with Gasteiger partial charge in [-0.2, -0.15) is 0 Å². The van der Waals surface area contributed by atoms with Crippen molar-refractivity contribution in [3.63, 3.8) is 0 Å². The molecule has 0 aliphatic rings. The number of rotatable bonds is 8. The summed E-state index contributed by atoms with van der Waals surface area (Å²) in [5.74, 6) is -0.00500. The first kappa shape index (κ1) is 18.9. The van der Waals surface area contributed by atoms with Gasteiger partial charge in [0.05, 0.1) is 17.9 Å². The van der Waals surface area contributed by atoms with Crippen LogP contribution in [0.15, 0.2) is 53.4 Å². The maximum Gasteiger partial charge on any atom is 0.238 e. The highest BCUT2D eigenvalue weighted by Crippen LogP contribution is 2.11. The van der Waals surface area contributed by atoms with E-state index in [1.165, 1.54) is 36.4 Å². The summed E-state index contributed by atoms with van der Waals surface area (Å²) < 4.78 is 40.4. The second-order valence-corrected chi connectivity index (χ2v) is 6.90. The molecule has 8 heteroatoms. The zero-order valence-corrected chi connectivity index (χ0v) is 14.3. The van der Waals surface area contributed by atoms with Crippen molar-refractivity contribution < 1.29 is 22.3 Å². The molecule has 0 aliphatic carbocycles. The van der Waals surface area contributed by atoms with Crippen LogP contribution in [0, 0.1) is 5.82 Å². The Labute approximate surface area is 145 Å². The fourth-order valence-electron chi connectivity index (χ4n) is 2.07. The molecule has 0 unspecified atom stereocenters. The van der Waals surface area contributed by atoms with E-state index in [9.17, 15) is 17.6 Å². The van der Waals surface area contributed by atoms with Crippen LogP contribution in [0.25, 0.3) is 0 Å². The van der Waals surface area contributed by atoms with Crippen LogP contribution in [-0.4, -0.2) is 27.5 Å². The normalized spacial score (nSPS) is 11.1. The molecule has 0 heterocycles. The van der Waals surface area contributed by atoms with Gasteiger partial charge in [0, 0.05) is 6.54 Å². The number of ether oxygens (including phenoxy) is 1. The molecule has 6 nitrogen and oxygen atoms in total. The Morgan fingerprint density at radius 2 is 1.72 bits per heavy atom. The lowest BCUT2D eigenvalue weighted by atomic mass is 10.1. The molecule has 1 amide bonds. The van der Waals surface area contributed by atoms with E-state index in [1.807, 2.05) is 0 Å². The molecule has 25 heavy (non-hydrogen) atoms. The predicted molar refractivity (Wildman–Crippen MR) is 91.0 cm³/mol. The fraction of sp³-hybridized carbons (Fsp3) is 0.235. The Balaban J connectivity index is 1.67. The van der Waals surface area contributed by atoms with Gasteiger partial charge in [0.2, 0.25) is 15.9 Å². The van der Waals surface area contributed by atoms with Crippen LogP contribution in [0.3, 0.4) is 0 Å². The van der Waals surface area contributed by atoms with Gasteiger partial charge in [-0.15, -0.1) is 0 Å². The first-order valence-corrected chi connectivity index (χ1v) is 9.16. The summed E-state index contributed by atoms with van der Waals surface area (Å²) in [7, 11) is -3.69. The fourth-order valence-corrected chi connectivity index (χ4v) is 2.59. The van der Waals surface area contributed by atoms with E-state index in [4.69, 9.17) is 9.88 Å². The number of amides is 1. The van der Waals surface area contributed by atoms with Crippen molar-refractivity contribution in [1.82, 2.24) is 5.32 Å². The highest BCUT2D eigenvalue weighted by Gasteiger charge is 2.07. The molecule has 3 N–H and O–H groups in total. The number of halogens is 1. The maximum absolute atomic E-state index is 12.7. The monoisotopic (exact) mass is 366 g/mol. The van der Waals surface area contributed by atoms with E-state index >= 15 is 0 Å². The molecule has 0 atom stereocenters. The van der Waals surface area contributed by atoms with Crippen molar-refractivity contribution >= 4 is 15.9 Å². The third-order valence-electron chi connectivity index (χ3n) is 3.40. The number of hydrogen-bond acceptors (Lipinski definition) is 4. The number of hydrogen-bond donors (Lipinski definition) is 2. The van der Waals surface area contributed by atoms with Gasteiger partial charge >= 0.3 is 0 Å². The van der Waals surface area contributed by atoms with Crippen molar-refractivity contribution in [3.8, 4) is 5.75 Å². The van der Waals surface area contributed by atoms with Gasteiger partial charge < -0.3 is 10.1 Å². The van der Waals surface area contributed by atoms with Crippen molar-refractivity contribution in [1.29, 1.82) is 0 Å². The van der Waals surface area contributed by atoms with E-state index in [0.29, 0.717) is 18.7 Å². The standard InChI is InChI=1S/C17H19FN2O4S/c18-14-3-5-15(6-4-14)24-12-10-17(21)20-11-9-13-1-7-16(8-2-13)25(19,22)23/h1-8H,9-12H2,(H,20,21)(H2,19,22,23). The second-order valence-electron chi connectivity index (χ2n) is 5.34. The Kier molecular flexibility index (Phi) is 6.49. The van der Waals surface area contributed by atoms with Crippen LogP contribution in [0.1, 0.15) is 12.0 Å². The van der Waals surface area contributed by atoms with Crippen molar-refractivity contribution in [2.45, 2.75) is 17.7 Å². The first-order valence-electron chi connectivity index (χ1n) is 7.61. The summed E-state index contributed by atoms with van der Waals surface area (Å²) in [6.45, 7) is 0.616. The molecular formula is C17H19FN2O4S. The van der Waals surface area contributed by atoms with Crippen LogP contribution in [0.5, 0.6) is 5.75 Å². The lowest BCUT2D eigenvalue weighted by molar-refractivity contribution is -0.121. The molecule has 0 saturated carbocycles. The van der Waals surface area contributed by atoms with Crippen LogP contribution in [-0.2, 0) is 21.2 Å². The Morgan fingerprint density at radius 3 is 2.32 bits per heavy atom. The maximum atomic E-state index is 12.7. The number of carbonyl (C=O) groups excluding carboxylic acids is 1. The number of nitrogens with one attached hydrogen (secondary N) is 1. The molecule has 0 bridgehead atoms. The minimum atomic E-state index is -3.69. The first-order chi connectivity index (χ1) is 11.8. The number of benzene rings is 2. The van der Waals surface area contributed by atoms with Gasteiger partial charge in [-0.3, -0.25) is 4.79 Å². The third-order valence-corrected chi connectivity index (χ3v) is 4.33. The van der Waals surface area contributed by atoms with Gasteiger partial charge in [-0.05, 0) is 48.4 Å². The highest BCUT2D eigenvalue weighted by molar-refractivity contribution is 7.89. The molecule has 2 rings (SSSR count). The van der Waals surface area contributed by atoms with Crippen LogP contribution in [0.4, 0.5) is 4.39 Å². The summed E-state index contributed by atoms with van der Waals surface area (Å²) in [6.07, 6.45) is 0.747. The largest absolute Gasteiger partial charge is 0.493 e. The summed E-state index contributed by atoms with van der Waals surface area (Å²) in [6, 6.07) is 11.8. The molecule has 0 spiro atoms. The molecule has 2 aromatic rings. The summed E-state index contributed by atoms with van der Waals surface area (Å²) in [4.78, 5) is 11.8. The second kappa shape index (κ2) is 8.59. The summed E-state index contributed by atoms with van der Waals surface area (Å²) in [5.41, 5.74) is 0.885. The number of carbonyl (C=O) groups is 1. The SMILES string of the molecule is NS(=O)(=O)c1ccc(CCNC(=O)CCOc2ccc(F)cc2)cc1. The average Bonchev–Trinajstić information content (AvgIpc) is 2.56. The average molecular weight is 366 g/mol. The van der Waals surface area contributed by atoms with E-state index in [-0.39, 0.29) is 29.6 Å². The van der Waals surface area contributed by atoms with Crippen molar-refractivity contribution in [3.05, 3.63) is 59.9 Å². The van der Waals surface area contributed by atoms with E-state index in [1.54, 1.807) is 12.1 Å². The van der Waals surface area contributed by atoms with Crippen LogP contribution < -0.4 is 15.2 Å². The molecule has 0 saturated heterocycles. The molecule has 0 radical (unpaired) electrons. The van der Waals surface area contributed by atoms with Crippen LogP contribution >= 0.6 is 0 Å². The van der Waals surface area contributed by atoms with Crippen molar-refractivity contribution in [2.24, 2.45) is 5.14 Å². The lowest BCUT2D eigenvalue weighted by Gasteiger charge is -2.08. The van der Waals surface area contributed by atoms with Gasteiger partial charge in [0.1, 0.15) is 11.6 Å².